The number of aromatic nitrogens is 1. The zero-order valence-corrected chi connectivity index (χ0v) is 10.0. The molecule has 0 aromatic carbocycles. The van der Waals surface area contributed by atoms with Crippen LogP contribution in [0.25, 0.3) is 0 Å². The van der Waals surface area contributed by atoms with E-state index in [1.54, 1.807) is 18.3 Å². The van der Waals surface area contributed by atoms with Gasteiger partial charge in [-0.1, -0.05) is 6.42 Å². The molecule has 0 saturated heterocycles. The van der Waals surface area contributed by atoms with Crippen LogP contribution in [0.1, 0.15) is 42.5 Å². The van der Waals surface area contributed by atoms with Gasteiger partial charge in [0.1, 0.15) is 6.10 Å². The van der Waals surface area contributed by atoms with Crippen molar-refractivity contribution in [3.63, 3.8) is 0 Å². The predicted octanol–water partition coefficient (Wildman–Crippen LogP) is 2.58. The molecule has 4 nitrogen and oxygen atoms in total. The standard InChI is InChI=1S/C13H17NO3/c1-16-13(15)10-7-8-14-12(9-10)17-11-5-3-2-4-6-11/h7-9,11H,2-6H2,1H3. The molecule has 0 atom stereocenters. The topological polar surface area (TPSA) is 48.4 Å². The number of nitrogens with zero attached hydrogens (tertiary/aromatic N) is 1. The predicted molar refractivity (Wildman–Crippen MR) is 63.1 cm³/mol. The minimum Gasteiger partial charge on any atom is -0.474 e. The second-order valence-electron chi connectivity index (χ2n) is 4.25. The van der Waals surface area contributed by atoms with Gasteiger partial charge in [0.2, 0.25) is 5.88 Å². The molecule has 0 bridgehead atoms. The Morgan fingerprint density at radius 2 is 2.12 bits per heavy atom. The van der Waals surface area contributed by atoms with E-state index in [4.69, 9.17) is 4.74 Å². The average Bonchev–Trinajstić information content (AvgIpc) is 2.39. The molecule has 92 valence electrons. The number of esters is 1. The van der Waals surface area contributed by atoms with Gasteiger partial charge in [-0.15, -0.1) is 0 Å². The molecule has 1 heterocycles. The Morgan fingerprint density at radius 1 is 1.35 bits per heavy atom. The fourth-order valence-corrected chi connectivity index (χ4v) is 2.07. The molecule has 1 aromatic heterocycles. The Hall–Kier alpha value is -1.58. The summed E-state index contributed by atoms with van der Waals surface area (Å²) in [4.78, 5) is 15.5. The van der Waals surface area contributed by atoms with E-state index in [1.165, 1.54) is 26.4 Å². The van der Waals surface area contributed by atoms with Crippen LogP contribution in [-0.2, 0) is 4.74 Å². The first kappa shape index (κ1) is 11.9. The van der Waals surface area contributed by atoms with Gasteiger partial charge in [0.15, 0.2) is 0 Å². The number of rotatable bonds is 3. The van der Waals surface area contributed by atoms with Crippen LogP contribution in [0.4, 0.5) is 0 Å². The normalized spacial score (nSPS) is 16.5. The summed E-state index contributed by atoms with van der Waals surface area (Å²) < 4.78 is 10.4. The Morgan fingerprint density at radius 3 is 2.82 bits per heavy atom. The highest BCUT2D eigenvalue weighted by atomic mass is 16.5. The lowest BCUT2D eigenvalue weighted by Crippen LogP contribution is -2.20. The Labute approximate surface area is 101 Å². The monoisotopic (exact) mass is 235 g/mol. The van der Waals surface area contributed by atoms with E-state index in [-0.39, 0.29) is 12.1 Å². The van der Waals surface area contributed by atoms with Gasteiger partial charge in [-0.2, -0.15) is 0 Å². The second-order valence-corrected chi connectivity index (χ2v) is 4.25. The fourth-order valence-electron chi connectivity index (χ4n) is 2.07. The van der Waals surface area contributed by atoms with E-state index in [0.717, 1.165) is 12.8 Å². The summed E-state index contributed by atoms with van der Waals surface area (Å²) in [5.41, 5.74) is 0.480. The van der Waals surface area contributed by atoms with Crippen molar-refractivity contribution in [3.05, 3.63) is 23.9 Å². The molecule has 1 fully saturated rings. The highest BCUT2D eigenvalue weighted by Gasteiger charge is 2.16. The summed E-state index contributed by atoms with van der Waals surface area (Å²) in [5.74, 6) is 0.153. The molecule has 1 aromatic rings. The van der Waals surface area contributed by atoms with E-state index in [1.807, 2.05) is 0 Å². The maximum Gasteiger partial charge on any atom is 0.338 e. The highest BCUT2D eigenvalue weighted by Crippen LogP contribution is 2.22. The van der Waals surface area contributed by atoms with Crippen LogP contribution in [-0.4, -0.2) is 24.2 Å². The van der Waals surface area contributed by atoms with Crippen molar-refractivity contribution in [1.29, 1.82) is 0 Å². The van der Waals surface area contributed by atoms with Crippen LogP contribution in [0.15, 0.2) is 18.3 Å². The zero-order chi connectivity index (χ0) is 12.1. The summed E-state index contributed by atoms with van der Waals surface area (Å²) in [5, 5.41) is 0. The number of carbonyl (C=O) groups is 1. The molecular weight excluding hydrogens is 218 g/mol. The van der Waals surface area contributed by atoms with E-state index in [2.05, 4.69) is 9.72 Å². The Kier molecular flexibility index (Phi) is 3.96. The van der Waals surface area contributed by atoms with Gasteiger partial charge < -0.3 is 9.47 Å². The molecule has 0 N–H and O–H groups in total. The maximum atomic E-state index is 11.4. The number of hydrogen-bond acceptors (Lipinski definition) is 4. The molecule has 4 heteroatoms. The number of carbonyl (C=O) groups excluding carboxylic acids is 1. The molecular formula is C13H17NO3. The van der Waals surface area contributed by atoms with Crippen LogP contribution in [0.3, 0.4) is 0 Å². The van der Waals surface area contributed by atoms with Crippen molar-refractivity contribution in [2.75, 3.05) is 7.11 Å². The molecule has 17 heavy (non-hydrogen) atoms. The van der Waals surface area contributed by atoms with Crippen LogP contribution in [0, 0.1) is 0 Å². The van der Waals surface area contributed by atoms with E-state index >= 15 is 0 Å². The Balaban J connectivity index is 2.02. The number of ether oxygens (including phenoxy) is 2. The minimum atomic E-state index is -0.360. The van der Waals surface area contributed by atoms with Gasteiger partial charge in [0, 0.05) is 12.3 Å². The lowest BCUT2D eigenvalue weighted by atomic mass is 9.98. The van der Waals surface area contributed by atoms with Gasteiger partial charge in [-0.25, -0.2) is 9.78 Å². The first-order valence-corrected chi connectivity index (χ1v) is 6.00. The van der Waals surface area contributed by atoms with E-state index < -0.39 is 0 Å². The molecule has 2 rings (SSSR count). The summed E-state index contributed by atoms with van der Waals surface area (Å²) in [6.45, 7) is 0. The maximum absolute atomic E-state index is 11.4. The molecule has 0 radical (unpaired) electrons. The largest absolute Gasteiger partial charge is 0.474 e. The first-order chi connectivity index (χ1) is 8.29. The van der Waals surface area contributed by atoms with Gasteiger partial charge >= 0.3 is 5.97 Å². The lowest BCUT2D eigenvalue weighted by molar-refractivity contribution is 0.0599. The summed E-state index contributed by atoms with van der Waals surface area (Å²) >= 11 is 0. The minimum absolute atomic E-state index is 0.240. The summed E-state index contributed by atoms with van der Waals surface area (Å²) in [6.07, 6.45) is 7.67. The Bertz CT molecular complexity index is 386. The third-order valence-corrected chi connectivity index (χ3v) is 3.00. The van der Waals surface area contributed by atoms with Crippen LogP contribution >= 0.6 is 0 Å². The van der Waals surface area contributed by atoms with Crippen molar-refractivity contribution in [2.24, 2.45) is 0 Å². The molecule has 0 unspecified atom stereocenters. The van der Waals surface area contributed by atoms with Crippen LogP contribution in [0.5, 0.6) is 5.88 Å². The van der Waals surface area contributed by atoms with Crippen LogP contribution < -0.4 is 4.74 Å². The first-order valence-electron chi connectivity index (χ1n) is 6.00. The van der Waals surface area contributed by atoms with E-state index in [9.17, 15) is 4.79 Å². The number of methoxy groups -OCH3 is 1. The van der Waals surface area contributed by atoms with Gasteiger partial charge in [-0.05, 0) is 31.7 Å². The van der Waals surface area contributed by atoms with Crippen molar-refractivity contribution in [3.8, 4) is 5.88 Å². The smallest absolute Gasteiger partial charge is 0.338 e. The molecule has 0 amide bonds. The fraction of sp³-hybridized carbons (Fsp3) is 0.538. The van der Waals surface area contributed by atoms with Gasteiger partial charge in [-0.3, -0.25) is 0 Å². The van der Waals surface area contributed by atoms with Gasteiger partial charge in [0.05, 0.1) is 12.7 Å². The quantitative estimate of drug-likeness (QED) is 0.755. The number of hydrogen-bond donors (Lipinski definition) is 0. The lowest BCUT2D eigenvalue weighted by Gasteiger charge is -2.22. The molecule has 1 saturated carbocycles. The third kappa shape index (κ3) is 3.19. The van der Waals surface area contributed by atoms with E-state index in [0.29, 0.717) is 11.4 Å². The molecule has 1 aliphatic rings. The van der Waals surface area contributed by atoms with Crippen LogP contribution in [0.2, 0.25) is 0 Å². The van der Waals surface area contributed by atoms with Crippen molar-refractivity contribution in [1.82, 2.24) is 4.98 Å². The zero-order valence-electron chi connectivity index (χ0n) is 10.0. The summed E-state index contributed by atoms with van der Waals surface area (Å²) in [6, 6.07) is 3.26. The SMILES string of the molecule is COC(=O)c1ccnc(OC2CCCCC2)c1. The molecule has 0 spiro atoms. The molecule has 0 aliphatic heterocycles. The third-order valence-electron chi connectivity index (χ3n) is 3.00. The molecule has 1 aliphatic carbocycles. The van der Waals surface area contributed by atoms with Gasteiger partial charge in [0.25, 0.3) is 0 Å². The highest BCUT2D eigenvalue weighted by molar-refractivity contribution is 5.89. The second kappa shape index (κ2) is 5.66. The van der Waals surface area contributed by atoms with Crippen molar-refractivity contribution < 1.29 is 14.3 Å². The average molecular weight is 235 g/mol. The number of pyridine rings is 1. The van der Waals surface area contributed by atoms with Crippen molar-refractivity contribution >= 4 is 5.97 Å². The van der Waals surface area contributed by atoms with Crippen molar-refractivity contribution in [2.45, 2.75) is 38.2 Å². The summed E-state index contributed by atoms with van der Waals surface area (Å²) in [7, 11) is 1.37.